The van der Waals surface area contributed by atoms with E-state index in [2.05, 4.69) is 10.2 Å². The number of aromatic hydroxyl groups is 1. The molecule has 0 saturated carbocycles. The van der Waals surface area contributed by atoms with Crippen molar-refractivity contribution in [3.05, 3.63) is 23.8 Å². The van der Waals surface area contributed by atoms with Crippen LogP contribution in [0.25, 0.3) is 0 Å². The Bertz CT molecular complexity index is 465. The van der Waals surface area contributed by atoms with E-state index in [9.17, 15) is 5.11 Å². The highest BCUT2D eigenvalue weighted by molar-refractivity contribution is 5.43. The third kappa shape index (κ3) is 3.37. The molecule has 2 aliphatic heterocycles. The standard InChI is InChI=1S/C17H26N2O3/c1-21-16-12-14(2-3-15(16)20)17(13-4-10-22-11-5-13)19-8-6-18-7-9-19/h2-3,12-13,17-18,20H,4-11H2,1H3/t17-/m0/s1. The van der Waals surface area contributed by atoms with E-state index < -0.39 is 0 Å². The van der Waals surface area contributed by atoms with Gasteiger partial charge in [-0.2, -0.15) is 0 Å². The molecule has 2 aliphatic rings. The molecule has 2 heterocycles. The number of piperazine rings is 1. The lowest BCUT2D eigenvalue weighted by Gasteiger charge is -2.41. The Kier molecular flexibility index (Phi) is 5.18. The molecule has 1 atom stereocenters. The van der Waals surface area contributed by atoms with E-state index in [1.54, 1.807) is 13.2 Å². The first kappa shape index (κ1) is 15.6. The third-order valence-electron chi connectivity index (χ3n) is 4.80. The lowest BCUT2D eigenvalue weighted by molar-refractivity contribution is 0.0212. The molecule has 0 aliphatic carbocycles. The zero-order chi connectivity index (χ0) is 15.4. The maximum absolute atomic E-state index is 9.87. The van der Waals surface area contributed by atoms with Crippen molar-refractivity contribution < 1.29 is 14.6 Å². The summed E-state index contributed by atoms with van der Waals surface area (Å²) in [5.41, 5.74) is 1.24. The SMILES string of the molecule is COc1cc([C@H](C2CCOCC2)N2CCNCC2)ccc1O. The number of nitrogens with one attached hydrogen (secondary N) is 1. The summed E-state index contributed by atoms with van der Waals surface area (Å²) in [6.07, 6.45) is 2.19. The second-order valence-electron chi connectivity index (χ2n) is 6.11. The summed E-state index contributed by atoms with van der Waals surface area (Å²) in [7, 11) is 1.60. The van der Waals surface area contributed by atoms with E-state index in [0.29, 0.717) is 17.7 Å². The molecule has 0 unspecified atom stereocenters. The van der Waals surface area contributed by atoms with Gasteiger partial charge in [-0.1, -0.05) is 6.07 Å². The molecule has 2 fully saturated rings. The van der Waals surface area contributed by atoms with Crippen LogP contribution in [0, 0.1) is 5.92 Å². The number of nitrogens with zero attached hydrogens (tertiary/aromatic N) is 1. The summed E-state index contributed by atoms with van der Waals surface area (Å²) in [5, 5.41) is 13.3. The fourth-order valence-electron chi connectivity index (χ4n) is 3.65. The van der Waals surface area contributed by atoms with Gasteiger partial charge in [0.2, 0.25) is 0 Å². The highest BCUT2D eigenvalue weighted by Crippen LogP contribution is 2.38. The molecule has 22 heavy (non-hydrogen) atoms. The van der Waals surface area contributed by atoms with Gasteiger partial charge in [-0.3, -0.25) is 4.90 Å². The Labute approximate surface area is 132 Å². The van der Waals surface area contributed by atoms with Crippen LogP contribution in [-0.4, -0.2) is 56.5 Å². The van der Waals surface area contributed by atoms with E-state index in [4.69, 9.17) is 9.47 Å². The van der Waals surface area contributed by atoms with Crippen LogP contribution in [0.3, 0.4) is 0 Å². The summed E-state index contributed by atoms with van der Waals surface area (Å²) in [4.78, 5) is 2.57. The number of methoxy groups -OCH3 is 1. The first-order valence-corrected chi connectivity index (χ1v) is 8.19. The minimum atomic E-state index is 0.206. The zero-order valence-corrected chi connectivity index (χ0v) is 13.3. The van der Waals surface area contributed by atoms with Gasteiger partial charge >= 0.3 is 0 Å². The average Bonchev–Trinajstić information content (AvgIpc) is 2.58. The van der Waals surface area contributed by atoms with Crippen LogP contribution in [0.4, 0.5) is 0 Å². The smallest absolute Gasteiger partial charge is 0.160 e. The molecule has 0 radical (unpaired) electrons. The van der Waals surface area contributed by atoms with Gasteiger partial charge in [-0.15, -0.1) is 0 Å². The Balaban J connectivity index is 1.89. The molecule has 5 heteroatoms. The minimum Gasteiger partial charge on any atom is -0.504 e. The monoisotopic (exact) mass is 306 g/mol. The molecule has 1 aromatic carbocycles. The number of benzene rings is 1. The van der Waals surface area contributed by atoms with Gasteiger partial charge in [-0.05, 0) is 36.5 Å². The summed E-state index contributed by atoms with van der Waals surface area (Å²) in [6, 6.07) is 6.17. The number of hydrogen-bond donors (Lipinski definition) is 2. The number of phenols is 1. The minimum absolute atomic E-state index is 0.206. The Morgan fingerprint density at radius 3 is 2.68 bits per heavy atom. The van der Waals surface area contributed by atoms with Gasteiger partial charge in [0, 0.05) is 45.4 Å². The quantitative estimate of drug-likeness (QED) is 0.888. The topological polar surface area (TPSA) is 54.0 Å². The summed E-state index contributed by atoms with van der Waals surface area (Å²) in [5.74, 6) is 1.36. The average molecular weight is 306 g/mol. The predicted octanol–water partition coefficient (Wildman–Crippen LogP) is 1.77. The van der Waals surface area contributed by atoms with Crippen molar-refractivity contribution in [3.63, 3.8) is 0 Å². The Morgan fingerprint density at radius 1 is 1.27 bits per heavy atom. The van der Waals surface area contributed by atoms with Crippen molar-refractivity contribution >= 4 is 0 Å². The molecule has 122 valence electrons. The predicted molar refractivity (Wildman–Crippen MR) is 85.4 cm³/mol. The van der Waals surface area contributed by atoms with Crippen LogP contribution >= 0.6 is 0 Å². The largest absolute Gasteiger partial charge is 0.504 e. The molecular weight excluding hydrogens is 280 g/mol. The van der Waals surface area contributed by atoms with Crippen molar-refractivity contribution in [1.82, 2.24) is 10.2 Å². The fourth-order valence-corrected chi connectivity index (χ4v) is 3.65. The number of ether oxygens (including phenoxy) is 2. The molecule has 3 rings (SSSR count). The van der Waals surface area contributed by atoms with E-state index in [0.717, 1.165) is 52.2 Å². The summed E-state index contributed by atoms with van der Waals surface area (Å²) < 4.78 is 10.8. The van der Waals surface area contributed by atoms with Gasteiger partial charge in [0.15, 0.2) is 11.5 Å². The lowest BCUT2D eigenvalue weighted by atomic mass is 9.85. The van der Waals surface area contributed by atoms with Crippen LogP contribution in [0.1, 0.15) is 24.4 Å². The molecule has 5 nitrogen and oxygen atoms in total. The maximum Gasteiger partial charge on any atom is 0.160 e. The zero-order valence-electron chi connectivity index (χ0n) is 13.3. The first-order chi connectivity index (χ1) is 10.8. The summed E-state index contributed by atoms with van der Waals surface area (Å²) >= 11 is 0. The maximum atomic E-state index is 9.87. The molecule has 0 amide bonds. The molecule has 1 aromatic rings. The van der Waals surface area contributed by atoms with E-state index in [1.165, 1.54) is 5.56 Å². The third-order valence-corrected chi connectivity index (χ3v) is 4.80. The van der Waals surface area contributed by atoms with Crippen molar-refractivity contribution in [2.75, 3.05) is 46.5 Å². The molecular formula is C17H26N2O3. The van der Waals surface area contributed by atoms with Crippen molar-refractivity contribution in [1.29, 1.82) is 0 Å². The number of rotatable bonds is 4. The van der Waals surface area contributed by atoms with Crippen LogP contribution in [0.15, 0.2) is 18.2 Å². The van der Waals surface area contributed by atoms with Crippen LogP contribution in [-0.2, 0) is 4.74 Å². The second-order valence-corrected chi connectivity index (χ2v) is 6.11. The van der Waals surface area contributed by atoms with Crippen molar-refractivity contribution in [3.8, 4) is 11.5 Å². The van der Waals surface area contributed by atoms with Crippen LogP contribution in [0.2, 0.25) is 0 Å². The van der Waals surface area contributed by atoms with Gasteiger partial charge in [0.05, 0.1) is 7.11 Å². The second kappa shape index (κ2) is 7.31. The van der Waals surface area contributed by atoms with Gasteiger partial charge in [0.25, 0.3) is 0 Å². The first-order valence-electron chi connectivity index (χ1n) is 8.19. The Hall–Kier alpha value is -1.30. The van der Waals surface area contributed by atoms with Crippen molar-refractivity contribution in [2.45, 2.75) is 18.9 Å². The van der Waals surface area contributed by atoms with Gasteiger partial charge in [-0.25, -0.2) is 0 Å². The lowest BCUT2D eigenvalue weighted by Crippen LogP contribution is -2.47. The van der Waals surface area contributed by atoms with E-state index >= 15 is 0 Å². The summed E-state index contributed by atoms with van der Waals surface area (Å²) in [6.45, 7) is 5.89. The van der Waals surface area contributed by atoms with Crippen molar-refractivity contribution in [2.24, 2.45) is 5.92 Å². The Morgan fingerprint density at radius 2 is 2.00 bits per heavy atom. The number of phenolic OH excluding ortho intramolecular Hbond substituents is 1. The molecule has 0 spiro atoms. The van der Waals surface area contributed by atoms with Gasteiger partial charge < -0.3 is 19.9 Å². The van der Waals surface area contributed by atoms with Gasteiger partial charge in [0.1, 0.15) is 0 Å². The molecule has 2 saturated heterocycles. The highest BCUT2D eigenvalue weighted by Gasteiger charge is 2.31. The fraction of sp³-hybridized carbons (Fsp3) is 0.647. The normalized spacial score (nSPS) is 22.4. The van der Waals surface area contributed by atoms with Crippen LogP contribution < -0.4 is 10.1 Å². The molecule has 0 bridgehead atoms. The highest BCUT2D eigenvalue weighted by atomic mass is 16.5. The van der Waals surface area contributed by atoms with E-state index in [-0.39, 0.29) is 5.75 Å². The molecule has 0 aromatic heterocycles. The van der Waals surface area contributed by atoms with E-state index in [1.807, 2.05) is 12.1 Å². The molecule has 2 N–H and O–H groups in total. The van der Waals surface area contributed by atoms with Crippen LogP contribution in [0.5, 0.6) is 11.5 Å². The number of hydrogen-bond acceptors (Lipinski definition) is 5.